The Morgan fingerprint density at radius 3 is 2.55 bits per heavy atom. The zero-order valence-electron chi connectivity index (χ0n) is 19.3. The lowest BCUT2D eigenvalue weighted by molar-refractivity contribution is -0.134. The van der Waals surface area contributed by atoms with Crippen molar-refractivity contribution in [1.29, 1.82) is 0 Å². The summed E-state index contributed by atoms with van der Waals surface area (Å²) in [6.07, 6.45) is 20.9. The van der Waals surface area contributed by atoms with E-state index in [0.717, 1.165) is 76.7 Å². The maximum Gasteiger partial charge on any atom is 0.222 e. The van der Waals surface area contributed by atoms with Gasteiger partial charge in [-0.2, -0.15) is 0 Å². The molecule has 2 saturated heterocycles. The summed E-state index contributed by atoms with van der Waals surface area (Å²) in [5.41, 5.74) is 1.46. The van der Waals surface area contributed by atoms with Crippen molar-refractivity contribution in [2.24, 2.45) is 17.3 Å². The normalized spacial score (nSPS) is 27.6. The minimum absolute atomic E-state index is 0.0278. The number of carbonyl (C=O) groups is 2. The molecule has 0 N–H and O–H groups in total. The topological polar surface area (TPSA) is 46.6 Å². The molecule has 2 unspecified atom stereocenters. The molecule has 0 aromatic rings. The molecule has 31 heavy (non-hydrogen) atoms. The third-order valence-corrected chi connectivity index (χ3v) is 8.43. The highest BCUT2D eigenvalue weighted by atomic mass is 16.5. The average Bonchev–Trinajstić information content (AvgIpc) is 3.35. The Kier molecular flexibility index (Phi) is 8.03. The van der Waals surface area contributed by atoms with E-state index in [-0.39, 0.29) is 5.41 Å². The second-order valence-corrected chi connectivity index (χ2v) is 10.4. The lowest BCUT2D eigenvalue weighted by atomic mass is 9.69. The zero-order chi connectivity index (χ0) is 21.5. The van der Waals surface area contributed by atoms with Crippen LogP contribution in [0.15, 0.2) is 23.8 Å². The van der Waals surface area contributed by atoms with E-state index in [2.05, 4.69) is 23.1 Å². The van der Waals surface area contributed by atoms with Gasteiger partial charge in [0.1, 0.15) is 5.78 Å². The molecule has 2 atom stereocenters. The van der Waals surface area contributed by atoms with Gasteiger partial charge in [-0.3, -0.25) is 9.59 Å². The highest BCUT2D eigenvalue weighted by Gasteiger charge is 2.38. The van der Waals surface area contributed by atoms with Crippen LogP contribution in [0.25, 0.3) is 0 Å². The molecular formula is C27H41NO3. The Hall–Kier alpha value is -1.42. The molecule has 0 aromatic heterocycles. The number of rotatable bonds is 9. The number of hydrogen-bond donors (Lipinski definition) is 0. The van der Waals surface area contributed by atoms with Crippen molar-refractivity contribution in [3.8, 4) is 0 Å². The number of fused-ring (bicyclic) bond motifs is 1. The quantitative estimate of drug-likeness (QED) is 0.449. The van der Waals surface area contributed by atoms with Gasteiger partial charge in [0.15, 0.2) is 0 Å². The highest BCUT2D eigenvalue weighted by molar-refractivity contribution is 5.79. The minimum atomic E-state index is 0.0278. The van der Waals surface area contributed by atoms with Gasteiger partial charge >= 0.3 is 0 Å². The molecule has 2 heterocycles. The third-order valence-electron chi connectivity index (χ3n) is 8.43. The number of Topliss-reactive ketones (excluding diaryl/α,β-unsaturated/α-hetero) is 1. The predicted molar refractivity (Wildman–Crippen MR) is 124 cm³/mol. The van der Waals surface area contributed by atoms with Crippen LogP contribution in [0.3, 0.4) is 0 Å². The number of hydrogen-bond acceptors (Lipinski definition) is 3. The summed E-state index contributed by atoms with van der Waals surface area (Å²) in [5.74, 6) is 2.36. The van der Waals surface area contributed by atoms with Gasteiger partial charge in [-0.1, -0.05) is 49.5 Å². The van der Waals surface area contributed by atoms with E-state index in [9.17, 15) is 9.59 Å². The molecule has 4 heteroatoms. The molecule has 1 amide bonds. The molecule has 4 aliphatic rings. The number of ether oxygens (including phenoxy) is 1. The van der Waals surface area contributed by atoms with Gasteiger partial charge in [-0.05, 0) is 56.8 Å². The number of unbranched alkanes of at least 4 members (excludes halogenated alkanes) is 2. The minimum Gasteiger partial charge on any atom is -0.381 e. The fourth-order valence-corrected chi connectivity index (χ4v) is 6.44. The van der Waals surface area contributed by atoms with Crippen molar-refractivity contribution in [3.63, 3.8) is 0 Å². The highest BCUT2D eigenvalue weighted by Crippen LogP contribution is 2.45. The second kappa shape index (κ2) is 10.9. The van der Waals surface area contributed by atoms with Gasteiger partial charge in [-0.25, -0.2) is 0 Å². The van der Waals surface area contributed by atoms with Crippen molar-refractivity contribution >= 4 is 11.7 Å². The first kappa shape index (κ1) is 22.8. The van der Waals surface area contributed by atoms with Crippen LogP contribution >= 0.6 is 0 Å². The lowest BCUT2D eigenvalue weighted by Crippen LogP contribution is -2.44. The molecule has 0 aromatic carbocycles. The molecule has 1 saturated carbocycles. The molecule has 4 rings (SSSR count). The SMILES string of the molecule is O=C(CCCCCC(=O)N1CCC2CCCCC2C1)CC1(C2=CC=CC2)CCOCC1. The van der Waals surface area contributed by atoms with E-state index >= 15 is 0 Å². The van der Waals surface area contributed by atoms with Crippen LogP contribution in [-0.2, 0) is 14.3 Å². The van der Waals surface area contributed by atoms with Crippen LogP contribution in [0.2, 0.25) is 0 Å². The first-order valence-electron chi connectivity index (χ1n) is 12.9. The monoisotopic (exact) mass is 427 g/mol. The van der Waals surface area contributed by atoms with Gasteiger partial charge in [0.25, 0.3) is 0 Å². The van der Waals surface area contributed by atoms with Crippen LogP contribution < -0.4 is 0 Å². The van der Waals surface area contributed by atoms with E-state index < -0.39 is 0 Å². The molecule has 4 nitrogen and oxygen atoms in total. The first-order valence-corrected chi connectivity index (χ1v) is 12.9. The van der Waals surface area contributed by atoms with Crippen LogP contribution in [0, 0.1) is 17.3 Å². The van der Waals surface area contributed by atoms with Crippen molar-refractivity contribution in [3.05, 3.63) is 23.8 Å². The predicted octanol–water partition coefficient (Wildman–Crippen LogP) is 5.62. The Labute approximate surface area is 188 Å². The average molecular weight is 428 g/mol. The number of ketones is 1. The summed E-state index contributed by atoms with van der Waals surface area (Å²) in [7, 11) is 0. The summed E-state index contributed by atoms with van der Waals surface area (Å²) in [6, 6.07) is 0. The Morgan fingerprint density at radius 2 is 1.77 bits per heavy atom. The molecular weight excluding hydrogens is 386 g/mol. The number of amides is 1. The lowest BCUT2D eigenvalue weighted by Gasteiger charge is -2.41. The standard InChI is InChI=1S/C27H41NO3/c29-25(20-27(15-18-31-19-16-27)24-10-6-7-11-24)12-2-1-3-13-26(30)28-17-14-22-8-4-5-9-23(22)21-28/h6-7,10,22-23H,1-5,8-9,11-21H2. The summed E-state index contributed by atoms with van der Waals surface area (Å²) in [6.45, 7) is 3.50. The molecule has 0 bridgehead atoms. The van der Waals surface area contributed by atoms with Crippen molar-refractivity contribution in [2.75, 3.05) is 26.3 Å². The Balaban J connectivity index is 1.13. The van der Waals surface area contributed by atoms with Crippen molar-refractivity contribution in [1.82, 2.24) is 4.90 Å². The van der Waals surface area contributed by atoms with Crippen LogP contribution in [0.5, 0.6) is 0 Å². The smallest absolute Gasteiger partial charge is 0.222 e. The number of allylic oxidation sites excluding steroid dienone is 4. The van der Waals surface area contributed by atoms with Crippen molar-refractivity contribution in [2.45, 2.75) is 89.9 Å². The Morgan fingerprint density at radius 1 is 1.00 bits per heavy atom. The summed E-state index contributed by atoms with van der Waals surface area (Å²) >= 11 is 0. The molecule has 0 spiro atoms. The van der Waals surface area contributed by atoms with E-state index in [0.29, 0.717) is 31.0 Å². The van der Waals surface area contributed by atoms with E-state index in [1.807, 2.05) is 0 Å². The van der Waals surface area contributed by atoms with Gasteiger partial charge < -0.3 is 9.64 Å². The summed E-state index contributed by atoms with van der Waals surface area (Å²) in [4.78, 5) is 27.6. The first-order chi connectivity index (χ1) is 15.2. The van der Waals surface area contributed by atoms with Crippen LogP contribution in [-0.4, -0.2) is 42.9 Å². The fraction of sp³-hybridized carbons (Fsp3) is 0.778. The number of likely N-dealkylation sites (tertiary alicyclic amines) is 1. The van der Waals surface area contributed by atoms with Gasteiger partial charge in [0.2, 0.25) is 5.91 Å². The maximum absolute atomic E-state index is 12.8. The molecule has 2 aliphatic carbocycles. The van der Waals surface area contributed by atoms with Crippen LogP contribution in [0.4, 0.5) is 0 Å². The number of piperidine rings is 1. The van der Waals surface area contributed by atoms with E-state index in [1.165, 1.54) is 37.7 Å². The summed E-state index contributed by atoms with van der Waals surface area (Å²) < 4.78 is 5.59. The van der Waals surface area contributed by atoms with Gasteiger partial charge in [0, 0.05) is 51.0 Å². The van der Waals surface area contributed by atoms with E-state index in [1.54, 1.807) is 0 Å². The van der Waals surface area contributed by atoms with E-state index in [4.69, 9.17) is 4.74 Å². The zero-order valence-corrected chi connectivity index (χ0v) is 19.3. The van der Waals surface area contributed by atoms with Crippen LogP contribution in [0.1, 0.15) is 89.9 Å². The summed E-state index contributed by atoms with van der Waals surface area (Å²) in [5, 5.41) is 0. The second-order valence-electron chi connectivity index (χ2n) is 10.4. The molecule has 3 fully saturated rings. The van der Waals surface area contributed by atoms with Crippen molar-refractivity contribution < 1.29 is 14.3 Å². The Bertz CT molecular complexity index is 689. The number of nitrogens with zero attached hydrogens (tertiary/aromatic N) is 1. The molecule has 2 aliphatic heterocycles. The third kappa shape index (κ3) is 5.88. The van der Waals surface area contributed by atoms with Gasteiger partial charge in [-0.15, -0.1) is 0 Å². The molecule has 172 valence electrons. The number of carbonyl (C=O) groups excluding carboxylic acids is 2. The fourth-order valence-electron chi connectivity index (χ4n) is 6.44. The molecule has 0 radical (unpaired) electrons. The van der Waals surface area contributed by atoms with Gasteiger partial charge in [0.05, 0.1) is 0 Å². The largest absolute Gasteiger partial charge is 0.381 e. The maximum atomic E-state index is 12.8.